The third kappa shape index (κ3) is 7.83. The van der Waals surface area contributed by atoms with Gasteiger partial charge < -0.3 is 14.3 Å². The number of benzene rings is 1. The van der Waals surface area contributed by atoms with Crippen LogP contribution in [0.1, 0.15) is 20.3 Å². The van der Waals surface area contributed by atoms with Gasteiger partial charge in [-0.1, -0.05) is 40.0 Å². The predicted octanol–water partition coefficient (Wildman–Crippen LogP) is 6.84. The standard InChI is InChI=1S/C15H16Br2Cl3NO3/c1-9(2)21-24-6-3-5-23-15-10(18)8-11(13(19)14(15)20)22-7-4-12(16)17/h4,8H,3,5-7H2,1-2H3. The Kier molecular flexibility index (Phi) is 10.5. The van der Waals surface area contributed by atoms with Crippen LogP contribution in [-0.2, 0) is 4.84 Å². The summed E-state index contributed by atoms with van der Waals surface area (Å²) in [4.78, 5) is 5.08. The minimum atomic E-state index is 0.212. The van der Waals surface area contributed by atoms with Crippen molar-refractivity contribution in [3.63, 3.8) is 0 Å². The molecule has 4 nitrogen and oxygen atoms in total. The van der Waals surface area contributed by atoms with Gasteiger partial charge >= 0.3 is 0 Å². The second-order valence-electron chi connectivity index (χ2n) is 4.69. The molecule has 1 rings (SSSR count). The van der Waals surface area contributed by atoms with Crippen LogP contribution in [0.15, 0.2) is 20.7 Å². The van der Waals surface area contributed by atoms with Crippen molar-refractivity contribution in [1.29, 1.82) is 0 Å². The van der Waals surface area contributed by atoms with E-state index in [4.69, 9.17) is 49.1 Å². The minimum Gasteiger partial charge on any atom is -0.490 e. The van der Waals surface area contributed by atoms with E-state index < -0.39 is 0 Å². The van der Waals surface area contributed by atoms with Crippen molar-refractivity contribution in [2.75, 3.05) is 19.8 Å². The van der Waals surface area contributed by atoms with Crippen molar-refractivity contribution in [1.82, 2.24) is 0 Å². The average molecular weight is 524 g/mol. The van der Waals surface area contributed by atoms with Crippen molar-refractivity contribution in [3.05, 3.63) is 30.6 Å². The first-order chi connectivity index (χ1) is 11.3. The molecule has 0 amide bonds. The highest BCUT2D eigenvalue weighted by Gasteiger charge is 2.17. The molecule has 0 aliphatic carbocycles. The summed E-state index contributed by atoms with van der Waals surface area (Å²) >= 11 is 25.1. The predicted molar refractivity (Wildman–Crippen MR) is 108 cm³/mol. The zero-order chi connectivity index (χ0) is 18.1. The van der Waals surface area contributed by atoms with Gasteiger partial charge in [0, 0.05) is 12.5 Å². The van der Waals surface area contributed by atoms with E-state index in [1.54, 1.807) is 12.1 Å². The zero-order valence-corrected chi connectivity index (χ0v) is 18.5. The molecule has 0 aromatic heterocycles. The first-order valence-corrected chi connectivity index (χ1v) is 9.62. The highest BCUT2D eigenvalue weighted by atomic mass is 79.9. The summed E-state index contributed by atoms with van der Waals surface area (Å²) in [5.41, 5.74) is 0.853. The van der Waals surface area contributed by atoms with Gasteiger partial charge in [0.1, 0.15) is 29.0 Å². The molecule has 134 valence electrons. The number of oxime groups is 1. The second-order valence-corrected chi connectivity index (χ2v) is 8.63. The molecule has 0 N–H and O–H groups in total. The van der Waals surface area contributed by atoms with Crippen LogP contribution in [0, 0.1) is 0 Å². The van der Waals surface area contributed by atoms with E-state index >= 15 is 0 Å². The third-order valence-corrected chi connectivity index (χ3v) is 4.19. The number of hydrogen-bond donors (Lipinski definition) is 0. The fourth-order valence-corrected chi connectivity index (χ4v) is 2.47. The van der Waals surface area contributed by atoms with E-state index in [1.807, 2.05) is 13.8 Å². The molecule has 0 aliphatic rings. The molecule has 0 fully saturated rings. The third-order valence-electron chi connectivity index (χ3n) is 2.43. The van der Waals surface area contributed by atoms with Crippen LogP contribution < -0.4 is 9.47 Å². The molecule has 0 aliphatic heterocycles. The Morgan fingerprint density at radius 1 is 1.12 bits per heavy atom. The fraction of sp³-hybridized carbons (Fsp3) is 0.400. The summed E-state index contributed by atoms with van der Waals surface area (Å²) in [7, 11) is 0. The van der Waals surface area contributed by atoms with Gasteiger partial charge in [-0.05, 0) is 51.8 Å². The smallest absolute Gasteiger partial charge is 0.158 e. The largest absolute Gasteiger partial charge is 0.490 e. The molecule has 24 heavy (non-hydrogen) atoms. The maximum Gasteiger partial charge on any atom is 0.158 e. The van der Waals surface area contributed by atoms with E-state index in [2.05, 4.69) is 37.0 Å². The van der Waals surface area contributed by atoms with E-state index in [0.717, 1.165) is 9.10 Å². The Bertz CT molecular complexity index is 616. The Labute approximate surface area is 173 Å². The lowest BCUT2D eigenvalue weighted by Crippen LogP contribution is -2.03. The monoisotopic (exact) mass is 521 g/mol. The van der Waals surface area contributed by atoms with E-state index in [9.17, 15) is 0 Å². The van der Waals surface area contributed by atoms with Crippen molar-refractivity contribution < 1.29 is 14.3 Å². The van der Waals surface area contributed by atoms with Crippen LogP contribution in [0.2, 0.25) is 15.1 Å². The molecule has 0 radical (unpaired) electrons. The topological polar surface area (TPSA) is 40.0 Å². The van der Waals surface area contributed by atoms with E-state index in [1.165, 1.54) is 0 Å². The lowest BCUT2D eigenvalue weighted by Gasteiger charge is -2.14. The Morgan fingerprint density at radius 3 is 2.46 bits per heavy atom. The molecular formula is C15H16Br2Cl3NO3. The molecule has 0 unspecified atom stereocenters. The van der Waals surface area contributed by atoms with Crippen molar-refractivity contribution in [2.45, 2.75) is 20.3 Å². The summed E-state index contributed by atoms with van der Waals surface area (Å²) < 4.78 is 11.9. The number of nitrogens with zero attached hydrogens (tertiary/aromatic N) is 1. The van der Waals surface area contributed by atoms with Crippen LogP contribution in [-0.4, -0.2) is 25.5 Å². The maximum atomic E-state index is 6.22. The van der Waals surface area contributed by atoms with Crippen LogP contribution >= 0.6 is 66.7 Å². The Hall–Kier alpha value is -0.140. The molecule has 0 saturated heterocycles. The number of rotatable bonds is 9. The quantitative estimate of drug-likeness (QED) is 0.154. The maximum absolute atomic E-state index is 6.22. The van der Waals surface area contributed by atoms with Gasteiger partial charge in [-0.25, -0.2) is 0 Å². The van der Waals surface area contributed by atoms with Gasteiger partial charge in [0.2, 0.25) is 0 Å². The van der Waals surface area contributed by atoms with Gasteiger partial charge in [-0.15, -0.1) is 0 Å². The summed E-state index contributed by atoms with van der Waals surface area (Å²) in [5, 5.41) is 4.61. The zero-order valence-electron chi connectivity index (χ0n) is 13.0. The van der Waals surface area contributed by atoms with Crippen molar-refractivity contribution >= 4 is 72.4 Å². The molecular weight excluding hydrogens is 508 g/mol. The molecule has 1 aromatic carbocycles. The Balaban J connectivity index is 2.64. The summed E-state index contributed by atoms with van der Waals surface area (Å²) in [6.07, 6.45) is 2.40. The van der Waals surface area contributed by atoms with Gasteiger partial charge in [0.25, 0.3) is 0 Å². The second kappa shape index (κ2) is 11.5. The highest BCUT2D eigenvalue weighted by Crippen LogP contribution is 2.44. The summed E-state index contributed by atoms with van der Waals surface area (Å²) in [5.74, 6) is 0.704. The van der Waals surface area contributed by atoms with Crippen molar-refractivity contribution in [2.24, 2.45) is 5.16 Å². The van der Waals surface area contributed by atoms with Crippen LogP contribution in [0.4, 0.5) is 0 Å². The lowest BCUT2D eigenvalue weighted by molar-refractivity contribution is 0.127. The van der Waals surface area contributed by atoms with Crippen molar-refractivity contribution in [3.8, 4) is 11.5 Å². The van der Waals surface area contributed by atoms with Crippen LogP contribution in [0.5, 0.6) is 11.5 Å². The van der Waals surface area contributed by atoms with Gasteiger partial charge in [-0.2, -0.15) is 0 Å². The highest BCUT2D eigenvalue weighted by molar-refractivity contribution is 9.28. The van der Waals surface area contributed by atoms with E-state index in [0.29, 0.717) is 42.8 Å². The summed E-state index contributed by atoms with van der Waals surface area (Å²) in [6, 6.07) is 1.57. The van der Waals surface area contributed by atoms with Crippen LogP contribution in [0.25, 0.3) is 0 Å². The molecule has 0 saturated carbocycles. The average Bonchev–Trinajstić information content (AvgIpc) is 2.50. The molecule has 0 bridgehead atoms. The minimum absolute atomic E-state index is 0.212. The normalized spacial score (nSPS) is 10.1. The Morgan fingerprint density at radius 2 is 1.83 bits per heavy atom. The molecule has 1 aromatic rings. The summed E-state index contributed by atoms with van der Waals surface area (Å²) in [6.45, 7) is 4.81. The number of hydrogen-bond acceptors (Lipinski definition) is 4. The molecule has 0 spiro atoms. The SMILES string of the molecule is CC(C)=NOCCCOc1c(Cl)cc(OCC=C(Br)Br)c(Cl)c1Cl. The lowest BCUT2D eigenvalue weighted by atomic mass is 10.3. The van der Waals surface area contributed by atoms with Gasteiger partial charge in [-0.3, -0.25) is 0 Å². The fourth-order valence-electron chi connectivity index (χ4n) is 1.46. The first kappa shape index (κ1) is 21.9. The first-order valence-electron chi connectivity index (χ1n) is 6.90. The molecule has 0 atom stereocenters. The molecule has 9 heteroatoms. The number of halogens is 5. The van der Waals surface area contributed by atoms with Crippen LogP contribution in [0.3, 0.4) is 0 Å². The molecule has 0 heterocycles. The van der Waals surface area contributed by atoms with E-state index in [-0.39, 0.29) is 10.0 Å². The number of ether oxygens (including phenoxy) is 2. The van der Waals surface area contributed by atoms with Gasteiger partial charge in [0.05, 0.1) is 20.7 Å². The van der Waals surface area contributed by atoms with Gasteiger partial charge in [0.15, 0.2) is 5.75 Å².